The number of aryl methyl sites for hydroxylation is 3. The zero-order chi connectivity index (χ0) is 29.2. The lowest BCUT2D eigenvalue weighted by molar-refractivity contribution is 1.27. The largest absolute Gasteiger partial charge is 0.311 e. The second-order valence-electron chi connectivity index (χ2n) is 10.8. The van der Waals surface area contributed by atoms with E-state index < -0.39 is 0 Å². The van der Waals surface area contributed by atoms with Crippen molar-refractivity contribution in [3.63, 3.8) is 0 Å². The van der Waals surface area contributed by atoms with Crippen LogP contribution in [-0.4, -0.2) is 6.72 Å². The van der Waals surface area contributed by atoms with Crippen LogP contribution in [0.3, 0.4) is 0 Å². The van der Waals surface area contributed by atoms with E-state index in [1.54, 1.807) is 0 Å². The quantitative estimate of drug-likeness (QED) is 0.119. The van der Waals surface area contributed by atoms with Crippen LogP contribution in [0.4, 0.5) is 22.7 Å². The van der Waals surface area contributed by atoms with Crippen molar-refractivity contribution in [3.8, 4) is 6.07 Å². The van der Waals surface area contributed by atoms with Gasteiger partial charge in [0, 0.05) is 27.8 Å². The SMILES string of the molecule is C=Nc1c(C#N)c2ccc(C)cc2c2cc(C=Cc3ccc(N(c4ccc(C)cc4)c4ccc(C)cc4)cc3)ccc12. The Labute approximate surface area is 247 Å². The van der Waals surface area contributed by atoms with Gasteiger partial charge in [-0.25, -0.2) is 0 Å². The molecule has 202 valence electrons. The average Bonchev–Trinajstić information content (AvgIpc) is 3.02. The van der Waals surface area contributed by atoms with Crippen molar-refractivity contribution in [2.45, 2.75) is 20.8 Å². The fourth-order valence-corrected chi connectivity index (χ4v) is 5.50. The molecule has 0 heterocycles. The Kier molecular flexibility index (Phi) is 7.13. The molecule has 6 aromatic carbocycles. The third-order valence-corrected chi connectivity index (χ3v) is 7.74. The first kappa shape index (κ1) is 26.7. The summed E-state index contributed by atoms with van der Waals surface area (Å²) >= 11 is 0. The van der Waals surface area contributed by atoms with Gasteiger partial charge in [0.2, 0.25) is 0 Å². The molecule has 0 spiro atoms. The maximum Gasteiger partial charge on any atom is 0.102 e. The Balaban J connectivity index is 1.36. The van der Waals surface area contributed by atoms with E-state index in [-0.39, 0.29) is 0 Å². The highest BCUT2D eigenvalue weighted by atomic mass is 15.1. The van der Waals surface area contributed by atoms with Crippen molar-refractivity contribution >= 4 is 63.2 Å². The van der Waals surface area contributed by atoms with Crippen LogP contribution >= 0.6 is 0 Å². The molecular formula is C39H31N3. The Hall–Kier alpha value is -5.46. The number of hydrogen-bond donors (Lipinski definition) is 0. The molecule has 0 aromatic heterocycles. The van der Waals surface area contributed by atoms with Crippen molar-refractivity contribution in [1.82, 2.24) is 0 Å². The van der Waals surface area contributed by atoms with E-state index in [2.05, 4.69) is 147 Å². The summed E-state index contributed by atoms with van der Waals surface area (Å²) in [5.41, 5.74) is 10.4. The number of aliphatic imine (C=N–C) groups is 1. The maximum absolute atomic E-state index is 9.89. The summed E-state index contributed by atoms with van der Waals surface area (Å²) in [6.45, 7) is 10.1. The summed E-state index contributed by atoms with van der Waals surface area (Å²) in [4.78, 5) is 6.53. The zero-order valence-corrected chi connectivity index (χ0v) is 24.1. The highest BCUT2D eigenvalue weighted by Gasteiger charge is 2.14. The Bertz CT molecular complexity index is 1960. The number of anilines is 3. The van der Waals surface area contributed by atoms with Crippen LogP contribution in [0.5, 0.6) is 0 Å². The van der Waals surface area contributed by atoms with Gasteiger partial charge in [-0.15, -0.1) is 0 Å². The molecule has 0 radical (unpaired) electrons. The molecule has 0 amide bonds. The summed E-state index contributed by atoms with van der Waals surface area (Å²) in [7, 11) is 0. The first-order chi connectivity index (χ1) is 20.4. The van der Waals surface area contributed by atoms with Crippen molar-refractivity contribution in [3.05, 3.63) is 143 Å². The molecule has 0 bridgehead atoms. The number of nitriles is 1. The van der Waals surface area contributed by atoms with E-state index in [1.807, 2.05) is 18.2 Å². The number of nitrogens with zero attached hydrogens (tertiary/aromatic N) is 3. The number of hydrogen-bond acceptors (Lipinski definition) is 3. The third-order valence-electron chi connectivity index (χ3n) is 7.74. The second kappa shape index (κ2) is 11.2. The van der Waals surface area contributed by atoms with Gasteiger partial charge in [0.1, 0.15) is 6.07 Å². The lowest BCUT2D eigenvalue weighted by Gasteiger charge is -2.25. The van der Waals surface area contributed by atoms with Gasteiger partial charge in [-0.2, -0.15) is 5.26 Å². The van der Waals surface area contributed by atoms with E-state index in [0.717, 1.165) is 55.3 Å². The van der Waals surface area contributed by atoms with Gasteiger partial charge in [-0.05, 0) is 91.9 Å². The van der Waals surface area contributed by atoms with Gasteiger partial charge in [0.15, 0.2) is 0 Å². The monoisotopic (exact) mass is 541 g/mol. The van der Waals surface area contributed by atoms with E-state index in [4.69, 9.17) is 0 Å². The van der Waals surface area contributed by atoms with Gasteiger partial charge in [-0.3, -0.25) is 4.99 Å². The van der Waals surface area contributed by atoms with Gasteiger partial charge in [0.05, 0.1) is 11.3 Å². The van der Waals surface area contributed by atoms with Crippen LogP contribution in [0.1, 0.15) is 33.4 Å². The van der Waals surface area contributed by atoms with Crippen LogP contribution in [0.15, 0.2) is 114 Å². The number of benzene rings is 6. The predicted molar refractivity (Wildman–Crippen MR) is 180 cm³/mol. The Morgan fingerprint density at radius 3 is 1.62 bits per heavy atom. The van der Waals surface area contributed by atoms with Crippen LogP contribution in [0.2, 0.25) is 0 Å². The van der Waals surface area contributed by atoms with Crippen molar-refractivity contribution in [1.29, 1.82) is 5.26 Å². The molecule has 42 heavy (non-hydrogen) atoms. The summed E-state index contributed by atoms with van der Waals surface area (Å²) in [6, 6.07) is 40.7. The lowest BCUT2D eigenvalue weighted by Crippen LogP contribution is -2.09. The maximum atomic E-state index is 9.89. The van der Waals surface area contributed by atoms with Gasteiger partial charge in [-0.1, -0.05) is 95.6 Å². The molecule has 0 fully saturated rings. The first-order valence-corrected chi connectivity index (χ1v) is 14.0. The molecule has 0 saturated carbocycles. The molecule has 0 unspecified atom stereocenters. The molecule has 0 aliphatic rings. The molecule has 6 rings (SSSR count). The molecule has 0 saturated heterocycles. The van der Waals surface area contributed by atoms with Gasteiger partial charge >= 0.3 is 0 Å². The smallest absolute Gasteiger partial charge is 0.102 e. The third kappa shape index (κ3) is 5.07. The molecule has 0 atom stereocenters. The molecule has 0 aliphatic heterocycles. The summed E-state index contributed by atoms with van der Waals surface area (Å²) in [5, 5.41) is 13.9. The molecule has 6 aromatic rings. The second-order valence-corrected chi connectivity index (χ2v) is 10.8. The Morgan fingerprint density at radius 1 is 0.571 bits per heavy atom. The van der Waals surface area contributed by atoms with Crippen LogP contribution in [0.25, 0.3) is 33.7 Å². The minimum atomic E-state index is 0.571. The van der Waals surface area contributed by atoms with E-state index >= 15 is 0 Å². The lowest BCUT2D eigenvalue weighted by atomic mass is 9.93. The zero-order valence-electron chi connectivity index (χ0n) is 24.1. The number of rotatable bonds is 6. The van der Waals surface area contributed by atoms with E-state index in [1.165, 1.54) is 11.1 Å². The normalized spacial score (nSPS) is 11.2. The molecule has 0 N–H and O–H groups in total. The molecular weight excluding hydrogens is 510 g/mol. The van der Waals surface area contributed by atoms with Crippen LogP contribution < -0.4 is 4.90 Å². The average molecular weight is 542 g/mol. The highest BCUT2D eigenvalue weighted by Crippen LogP contribution is 2.39. The topological polar surface area (TPSA) is 39.4 Å². The minimum Gasteiger partial charge on any atom is -0.311 e. The number of fused-ring (bicyclic) bond motifs is 3. The van der Waals surface area contributed by atoms with Crippen molar-refractivity contribution in [2.24, 2.45) is 4.99 Å². The van der Waals surface area contributed by atoms with E-state index in [9.17, 15) is 5.26 Å². The van der Waals surface area contributed by atoms with Crippen molar-refractivity contribution < 1.29 is 0 Å². The molecule has 3 nitrogen and oxygen atoms in total. The van der Waals surface area contributed by atoms with E-state index in [0.29, 0.717) is 11.3 Å². The predicted octanol–water partition coefficient (Wildman–Crippen LogP) is 10.8. The summed E-state index contributed by atoms with van der Waals surface area (Å²) in [5.74, 6) is 0. The first-order valence-electron chi connectivity index (χ1n) is 14.0. The van der Waals surface area contributed by atoms with Crippen LogP contribution in [-0.2, 0) is 0 Å². The summed E-state index contributed by atoms with van der Waals surface area (Å²) in [6.07, 6.45) is 4.27. The standard InChI is InChI=1S/C39H31N3/c1-26-5-15-31(16-6-26)42(32-17-7-27(2)8-18-32)33-19-12-29(13-20-33)10-11-30-14-22-35-37(24-30)36-23-28(3)9-21-34(36)38(25-40)39(35)41-4/h5-24H,4H2,1-3H3. The molecule has 0 aliphatic carbocycles. The summed E-state index contributed by atoms with van der Waals surface area (Å²) < 4.78 is 0. The Morgan fingerprint density at radius 2 is 1.05 bits per heavy atom. The van der Waals surface area contributed by atoms with Gasteiger partial charge in [0.25, 0.3) is 0 Å². The molecule has 3 heteroatoms. The minimum absolute atomic E-state index is 0.571. The van der Waals surface area contributed by atoms with Gasteiger partial charge < -0.3 is 4.90 Å². The highest BCUT2D eigenvalue weighted by molar-refractivity contribution is 6.16. The van der Waals surface area contributed by atoms with Crippen LogP contribution in [0, 0.1) is 32.1 Å². The van der Waals surface area contributed by atoms with Crippen molar-refractivity contribution in [2.75, 3.05) is 4.90 Å². The fraction of sp³-hybridized carbons (Fsp3) is 0.0769. The fourth-order valence-electron chi connectivity index (χ4n) is 5.50.